The average molecular weight is 271 g/mol. The molecule has 0 aromatic heterocycles. The molecule has 1 heterocycles. The number of hydrogen-bond donors (Lipinski definition) is 1. The van der Waals surface area contributed by atoms with Crippen LogP contribution in [0.3, 0.4) is 0 Å². The van der Waals surface area contributed by atoms with Crippen LogP contribution >= 0.6 is 0 Å². The number of rotatable bonds is 4. The van der Waals surface area contributed by atoms with Gasteiger partial charge in [0.15, 0.2) is 0 Å². The number of carbonyl (C=O) groups excluding carboxylic acids is 1. The van der Waals surface area contributed by atoms with Crippen molar-refractivity contribution in [2.24, 2.45) is 5.92 Å². The summed E-state index contributed by atoms with van der Waals surface area (Å²) in [6, 6.07) is 0. The number of aliphatic hydroxyl groups excluding tert-OH is 1. The minimum Gasteiger partial charge on any atom is -0.444 e. The predicted octanol–water partition coefficient (Wildman–Crippen LogP) is 3.18. The van der Waals surface area contributed by atoms with Crippen LogP contribution in [-0.4, -0.2) is 40.4 Å². The van der Waals surface area contributed by atoms with Crippen molar-refractivity contribution >= 4 is 6.09 Å². The van der Waals surface area contributed by atoms with E-state index >= 15 is 0 Å². The van der Waals surface area contributed by atoms with Gasteiger partial charge in [0.1, 0.15) is 5.60 Å². The van der Waals surface area contributed by atoms with Crippen molar-refractivity contribution in [3.8, 4) is 0 Å². The third kappa shape index (κ3) is 5.01. The number of ether oxygens (including phenoxy) is 1. The number of likely N-dealkylation sites (tertiary alicyclic amines) is 1. The predicted molar refractivity (Wildman–Crippen MR) is 76.1 cm³/mol. The highest BCUT2D eigenvalue weighted by atomic mass is 16.6. The molecular weight excluding hydrogens is 242 g/mol. The van der Waals surface area contributed by atoms with E-state index in [2.05, 4.69) is 13.8 Å². The third-order valence-corrected chi connectivity index (χ3v) is 3.59. The second-order valence-corrected chi connectivity index (χ2v) is 7.19. The molecule has 19 heavy (non-hydrogen) atoms. The monoisotopic (exact) mass is 271 g/mol. The molecule has 0 saturated carbocycles. The van der Waals surface area contributed by atoms with Crippen LogP contribution in [0.4, 0.5) is 4.79 Å². The molecule has 1 atom stereocenters. The standard InChI is InChI=1S/C15H29NO3/c1-14(2,3)19-13(18)16-11-12(8-6-7-9-17)10-15(16,4)5/h12,17H,6-11H2,1-5H3. The molecule has 0 bridgehead atoms. The number of aliphatic hydroxyl groups is 1. The smallest absolute Gasteiger partial charge is 0.410 e. The Hall–Kier alpha value is -0.770. The lowest BCUT2D eigenvalue weighted by molar-refractivity contribution is 0.0130. The van der Waals surface area contributed by atoms with Crippen molar-refractivity contribution in [3.63, 3.8) is 0 Å². The van der Waals surface area contributed by atoms with Crippen molar-refractivity contribution < 1.29 is 14.6 Å². The molecule has 0 spiro atoms. The van der Waals surface area contributed by atoms with E-state index in [4.69, 9.17) is 9.84 Å². The Kier molecular flexibility index (Phi) is 5.25. The third-order valence-electron chi connectivity index (χ3n) is 3.59. The maximum Gasteiger partial charge on any atom is 0.410 e. The molecule has 0 aliphatic carbocycles. The maximum atomic E-state index is 12.2. The summed E-state index contributed by atoms with van der Waals surface area (Å²) in [4.78, 5) is 14.1. The van der Waals surface area contributed by atoms with Gasteiger partial charge in [-0.1, -0.05) is 6.42 Å². The fraction of sp³-hybridized carbons (Fsp3) is 0.933. The average Bonchev–Trinajstić information content (AvgIpc) is 2.51. The van der Waals surface area contributed by atoms with Crippen LogP contribution < -0.4 is 0 Å². The van der Waals surface area contributed by atoms with Gasteiger partial charge < -0.3 is 14.7 Å². The van der Waals surface area contributed by atoms with Crippen LogP contribution in [0.1, 0.15) is 60.3 Å². The Balaban J connectivity index is 2.56. The van der Waals surface area contributed by atoms with E-state index in [1.165, 1.54) is 0 Å². The molecule has 0 radical (unpaired) electrons. The number of carbonyl (C=O) groups is 1. The van der Waals surface area contributed by atoms with Gasteiger partial charge in [-0.15, -0.1) is 0 Å². The molecule has 4 heteroatoms. The summed E-state index contributed by atoms with van der Waals surface area (Å²) in [6.07, 6.45) is 3.76. The summed E-state index contributed by atoms with van der Waals surface area (Å²) in [5, 5.41) is 8.83. The molecule has 1 rings (SSSR count). The van der Waals surface area contributed by atoms with Gasteiger partial charge in [0, 0.05) is 18.7 Å². The summed E-state index contributed by atoms with van der Waals surface area (Å²) >= 11 is 0. The molecule has 1 saturated heterocycles. The van der Waals surface area contributed by atoms with E-state index in [0.717, 1.165) is 32.2 Å². The van der Waals surface area contributed by atoms with Crippen LogP contribution in [0.25, 0.3) is 0 Å². The van der Waals surface area contributed by atoms with E-state index in [-0.39, 0.29) is 18.2 Å². The molecule has 1 unspecified atom stereocenters. The van der Waals surface area contributed by atoms with Gasteiger partial charge in [-0.2, -0.15) is 0 Å². The zero-order valence-corrected chi connectivity index (χ0v) is 13.0. The number of amides is 1. The molecule has 4 nitrogen and oxygen atoms in total. The maximum absolute atomic E-state index is 12.2. The van der Waals surface area contributed by atoms with E-state index in [1.54, 1.807) is 0 Å². The minimum atomic E-state index is -0.442. The van der Waals surface area contributed by atoms with Crippen molar-refractivity contribution in [2.45, 2.75) is 71.4 Å². The summed E-state index contributed by atoms with van der Waals surface area (Å²) < 4.78 is 5.48. The van der Waals surface area contributed by atoms with Crippen LogP contribution in [0.15, 0.2) is 0 Å². The quantitative estimate of drug-likeness (QED) is 0.799. The molecule has 1 aliphatic heterocycles. The first-order chi connectivity index (χ1) is 8.65. The second kappa shape index (κ2) is 6.12. The molecule has 1 N–H and O–H groups in total. The van der Waals surface area contributed by atoms with Gasteiger partial charge in [0.25, 0.3) is 0 Å². The topological polar surface area (TPSA) is 49.8 Å². The van der Waals surface area contributed by atoms with E-state index in [9.17, 15) is 4.79 Å². The first-order valence-electron chi connectivity index (χ1n) is 7.27. The van der Waals surface area contributed by atoms with Crippen LogP contribution in [0.2, 0.25) is 0 Å². The molecule has 1 amide bonds. The minimum absolute atomic E-state index is 0.133. The largest absolute Gasteiger partial charge is 0.444 e. The van der Waals surface area contributed by atoms with E-state index in [0.29, 0.717) is 5.92 Å². The molecule has 0 aromatic carbocycles. The Morgan fingerprint density at radius 2 is 2.00 bits per heavy atom. The molecule has 1 aliphatic rings. The molecule has 1 fully saturated rings. The lowest BCUT2D eigenvalue weighted by atomic mass is 9.93. The molecule has 0 aromatic rings. The zero-order chi connectivity index (χ0) is 14.7. The summed E-state index contributed by atoms with van der Waals surface area (Å²) in [5.41, 5.74) is -0.575. The van der Waals surface area contributed by atoms with Crippen molar-refractivity contribution in [3.05, 3.63) is 0 Å². The van der Waals surface area contributed by atoms with Gasteiger partial charge in [-0.05, 0) is 59.8 Å². The van der Waals surface area contributed by atoms with E-state index in [1.807, 2.05) is 25.7 Å². The number of nitrogens with zero attached hydrogens (tertiary/aromatic N) is 1. The lowest BCUT2D eigenvalue weighted by Gasteiger charge is -2.33. The summed E-state index contributed by atoms with van der Waals surface area (Å²) in [6.45, 7) is 10.9. The Morgan fingerprint density at radius 3 is 2.53 bits per heavy atom. The van der Waals surface area contributed by atoms with Crippen molar-refractivity contribution in [2.75, 3.05) is 13.2 Å². The van der Waals surface area contributed by atoms with Gasteiger partial charge in [0.2, 0.25) is 0 Å². The highest BCUT2D eigenvalue weighted by Gasteiger charge is 2.42. The second-order valence-electron chi connectivity index (χ2n) is 7.19. The highest BCUT2D eigenvalue weighted by molar-refractivity contribution is 5.69. The summed E-state index contributed by atoms with van der Waals surface area (Å²) in [5.74, 6) is 0.522. The van der Waals surface area contributed by atoms with Gasteiger partial charge in [-0.25, -0.2) is 4.79 Å². The SMILES string of the molecule is CC(C)(C)OC(=O)N1CC(CCCCO)CC1(C)C. The fourth-order valence-corrected chi connectivity index (χ4v) is 2.76. The number of hydrogen-bond acceptors (Lipinski definition) is 3. The lowest BCUT2D eigenvalue weighted by Crippen LogP contribution is -2.45. The Bertz CT molecular complexity index is 307. The highest BCUT2D eigenvalue weighted by Crippen LogP contribution is 2.36. The normalized spacial score (nSPS) is 22.6. The fourth-order valence-electron chi connectivity index (χ4n) is 2.76. The molecular formula is C15H29NO3. The molecule has 112 valence electrons. The van der Waals surface area contributed by atoms with Gasteiger partial charge in [0.05, 0.1) is 0 Å². The number of unbranched alkanes of at least 4 members (excludes halogenated alkanes) is 1. The van der Waals surface area contributed by atoms with Crippen LogP contribution in [0, 0.1) is 5.92 Å². The van der Waals surface area contributed by atoms with E-state index < -0.39 is 5.60 Å². The summed E-state index contributed by atoms with van der Waals surface area (Å²) in [7, 11) is 0. The first-order valence-corrected chi connectivity index (χ1v) is 7.27. The first kappa shape index (κ1) is 16.3. The van der Waals surface area contributed by atoms with Crippen LogP contribution in [0.5, 0.6) is 0 Å². The van der Waals surface area contributed by atoms with Crippen molar-refractivity contribution in [1.82, 2.24) is 4.90 Å². The van der Waals surface area contributed by atoms with Gasteiger partial charge in [-0.3, -0.25) is 0 Å². The van der Waals surface area contributed by atoms with Gasteiger partial charge >= 0.3 is 6.09 Å². The Labute approximate surface area is 117 Å². The van der Waals surface area contributed by atoms with Crippen LogP contribution in [-0.2, 0) is 4.74 Å². The Morgan fingerprint density at radius 1 is 1.37 bits per heavy atom. The zero-order valence-electron chi connectivity index (χ0n) is 13.0. The van der Waals surface area contributed by atoms with Crippen molar-refractivity contribution in [1.29, 1.82) is 0 Å².